The third-order valence-corrected chi connectivity index (χ3v) is 4.10. The van der Waals surface area contributed by atoms with Crippen LogP contribution in [0.15, 0.2) is 10.9 Å². The molecule has 2 heterocycles. The number of carbonyl (C=O) groups is 3. The molecule has 11 heteroatoms. The summed E-state index contributed by atoms with van der Waals surface area (Å²) in [6, 6.07) is 1.22. The second-order valence-electron chi connectivity index (χ2n) is 6.62. The lowest BCUT2D eigenvalue weighted by Gasteiger charge is -2.05. The van der Waals surface area contributed by atoms with E-state index in [1.54, 1.807) is 13.8 Å². The van der Waals surface area contributed by atoms with Gasteiger partial charge < -0.3 is 9.47 Å². The van der Waals surface area contributed by atoms with Gasteiger partial charge in [-0.15, -0.1) is 0 Å². The zero-order chi connectivity index (χ0) is 23.0. The van der Waals surface area contributed by atoms with E-state index in [-0.39, 0.29) is 46.4 Å². The number of nitrogens with one attached hydrogen (secondary N) is 1. The van der Waals surface area contributed by atoms with Crippen molar-refractivity contribution in [3.05, 3.63) is 38.5 Å². The van der Waals surface area contributed by atoms with Gasteiger partial charge in [-0.05, 0) is 41.5 Å². The Labute approximate surface area is 179 Å². The maximum atomic E-state index is 11.5. The average Bonchev–Trinajstić information content (AvgIpc) is 3.23. The summed E-state index contributed by atoms with van der Waals surface area (Å²) in [5.41, 5.74) is 0.0259. The topological polar surface area (TPSA) is 125 Å². The van der Waals surface area contributed by atoms with Crippen LogP contribution in [-0.2, 0) is 9.47 Å². The van der Waals surface area contributed by atoms with Gasteiger partial charge in [0.1, 0.15) is 10.8 Å². The highest BCUT2D eigenvalue weighted by molar-refractivity contribution is 6.32. The van der Waals surface area contributed by atoms with Crippen LogP contribution in [0.4, 0.5) is 0 Å². The summed E-state index contributed by atoms with van der Waals surface area (Å²) in [6.07, 6.45) is 0.514. The first kappa shape index (κ1) is 25.2. The molecule has 0 atom stereocenters. The number of nitrogens with zero attached hydrogens (tertiary/aromatic N) is 3. The van der Waals surface area contributed by atoms with Crippen molar-refractivity contribution in [3.63, 3.8) is 0 Å². The fraction of sp³-hybridized carbons (Fsp3) is 0.526. The molecule has 2 rings (SSSR count). The van der Waals surface area contributed by atoms with Gasteiger partial charge in [0, 0.05) is 18.2 Å². The highest BCUT2D eigenvalue weighted by Crippen LogP contribution is 2.22. The zero-order valence-electron chi connectivity index (χ0n) is 17.9. The minimum atomic E-state index is -0.633. The van der Waals surface area contributed by atoms with E-state index in [0.29, 0.717) is 12.9 Å². The first-order chi connectivity index (χ1) is 14.1. The molecule has 0 unspecified atom stereocenters. The molecule has 0 aliphatic carbocycles. The van der Waals surface area contributed by atoms with Gasteiger partial charge in [0.25, 0.3) is 5.56 Å². The summed E-state index contributed by atoms with van der Waals surface area (Å²) >= 11 is 5.93. The number of aldehydes is 1. The van der Waals surface area contributed by atoms with E-state index in [1.807, 2.05) is 27.7 Å². The molecule has 0 aliphatic rings. The normalized spacial score (nSPS) is 10.6. The summed E-state index contributed by atoms with van der Waals surface area (Å²) in [6.45, 7) is 11.3. The third-order valence-electron chi connectivity index (χ3n) is 3.72. The largest absolute Gasteiger partial charge is 0.461 e. The highest BCUT2D eigenvalue weighted by atomic mass is 35.5. The molecule has 10 nitrogen and oxygen atoms in total. The first-order valence-electron chi connectivity index (χ1n) is 9.47. The predicted molar refractivity (Wildman–Crippen MR) is 110 cm³/mol. The Morgan fingerprint density at radius 3 is 2.13 bits per heavy atom. The van der Waals surface area contributed by atoms with Gasteiger partial charge in [-0.3, -0.25) is 14.7 Å². The van der Waals surface area contributed by atoms with Crippen LogP contribution < -0.4 is 5.56 Å². The molecule has 0 spiro atoms. The lowest BCUT2D eigenvalue weighted by Crippen LogP contribution is -2.17. The summed E-state index contributed by atoms with van der Waals surface area (Å²) in [5, 5.41) is 6.83. The quantitative estimate of drug-likeness (QED) is 0.515. The lowest BCUT2D eigenvalue weighted by molar-refractivity contribution is 0.0508. The molecule has 0 radical (unpaired) electrons. The Balaban J connectivity index is 0.000000303. The Bertz CT molecular complexity index is 941. The van der Waals surface area contributed by atoms with Crippen LogP contribution in [-0.4, -0.2) is 51.0 Å². The minimum Gasteiger partial charge on any atom is -0.461 e. The maximum absolute atomic E-state index is 11.5. The summed E-state index contributed by atoms with van der Waals surface area (Å²) in [5.74, 6) is -1.13. The van der Waals surface area contributed by atoms with Crippen molar-refractivity contribution >= 4 is 29.8 Å². The number of ether oxygens (including phenoxy) is 2. The van der Waals surface area contributed by atoms with Crippen LogP contribution in [0.5, 0.6) is 0 Å². The second kappa shape index (κ2) is 11.3. The molecule has 0 aromatic carbocycles. The van der Waals surface area contributed by atoms with Crippen molar-refractivity contribution in [1.82, 2.24) is 19.6 Å². The van der Waals surface area contributed by atoms with E-state index < -0.39 is 11.9 Å². The van der Waals surface area contributed by atoms with E-state index in [9.17, 15) is 19.2 Å². The Hall–Kier alpha value is -2.88. The standard InChI is InChI=1S/C10H13ClN2O3.C9H14N2O3/c1-4-16-10(15)8-7(5-14)9(11)13(12-8)6(2)3;1-4-14-9(13)7-5-8(12)11(10-7)6(2)3/h5-6H,4H2,1-3H3;5-6,10H,4H2,1-3H3. The molecule has 0 fully saturated rings. The molecule has 0 saturated carbocycles. The number of H-pyrrole nitrogens is 1. The van der Waals surface area contributed by atoms with Gasteiger partial charge in [0.15, 0.2) is 12.0 Å². The Kier molecular flexibility index (Phi) is 9.51. The van der Waals surface area contributed by atoms with Crippen molar-refractivity contribution in [2.24, 2.45) is 0 Å². The van der Waals surface area contributed by atoms with E-state index in [4.69, 9.17) is 21.1 Å². The monoisotopic (exact) mass is 442 g/mol. The average molecular weight is 443 g/mol. The van der Waals surface area contributed by atoms with Crippen molar-refractivity contribution in [3.8, 4) is 0 Å². The summed E-state index contributed by atoms with van der Waals surface area (Å²) < 4.78 is 12.3. The van der Waals surface area contributed by atoms with Crippen molar-refractivity contribution < 1.29 is 23.9 Å². The summed E-state index contributed by atoms with van der Waals surface area (Å²) in [4.78, 5) is 44.9. The number of aromatic nitrogens is 4. The number of aromatic amines is 1. The zero-order valence-corrected chi connectivity index (χ0v) is 18.6. The number of halogens is 1. The van der Waals surface area contributed by atoms with Crippen molar-refractivity contribution in [1.29, 1.82) is 0 Å². The molecule has 0 amide bonds. The van der Waals surface area contributed by atoms with Gasteiger partial charge in [-0.25, -0.2) is 19.0 Å². The van der Waals surface area contributed by atoms with Gasteiger partial charge in [0.2, 0.25) is 0 Å². The van der Waals surface area contributed by atoms with Crippen LogP contribution in [0.25, 0.3) is 0 Å². The molecule has 0 saturated heterocycles. The molecular weight excluding hydrogens is 416 g/mol. The smallest absolute Gasteiger partial charge is 0.359 e. The van der Waals surface area contributed by atoms with E-state index in [0.717, 1.165) is 0 Å². The van der Waals surface area contributed by atoms with Crippen molar-refractivity contribution in [2.45, 2.75) is 53.6 Å². The Morgan fingerprint density at radius 2 is 1.70 bits per heavy atom. The fourth-order valence-electron chi connectivity index (χ4n) is 2.33. The first-order valence-corrected chi connectivity index (χ1v) is 9.85. The van der Waals surface area contributed by atoms with E-state index in [2.05, 4.69) is 10.2 Å². The number of hydrogen-bond donors (Lipinski definition) is 1. The van der Waals surface area contributed by atoms with Crippen LogP contribution in [0.2, 0.25) is 5.15 Å². The number of carbonyl (C=O) groups excluding carboxylic acids is 3. The number of rotatable bonds is 7. The molecule has 166 valence electrons. The molecule has 1 N–H and O–H groups in total. The molecule has 2 aromatic heterocycles. The third kappa shape index (κ3) is 6.06. The molecule has 30 heavy (non-hydrogen) atoms. The van der Waals surface area contributed by atoms with Crippen LogP contribution >= 0.6 is 11.6 Å². The Morgan fingerprint density at radius 1 is 1.13 bits per heavy atom. The second-order valence-corrected chi connectivity index (χ2v) is 6.98. The van der Waals surface area contributed by atoms with Crippen LogP contribution in [0.1, 0.15) is 85.0 Å². The predicted octanol–water partition coefficient (Wildman–Crippen LogP) is 3.04. The van der Waals surface area contributed by atoms with Gasteiger partial charge >= 0.3 is 11.9 Å². The highest BCUT2D eigenvalue weighted by Gasteiger charge is 2.23. The van der Waals surface area contributed by atoms with Crippen LogP contribution in [0, 0.1) is 0 Å². The number of hydrogen-bond acceptors (Lipinski definition) is 7. The van der Waals surface area contributed by atoms with Crippen LogP contribution in [0.3, 0.4) is 0 Å². The molecule has 2 aromatic rings. The fourth-order valence-corrected chi connectivity index (χ4v) is 2.70. The molecule has 0 aliphatic heterocycles. The molecular formula is C19H27ClN4O6. The maximum Gasteiger partial charge on any atom is 0.359 e. The lowest BCUT2D eigenvalue weighted by atomic mass is 10.3. The van der Waals surface area contributed by atoms with E-state index in [1.165, 1.54) is 15.4 Å². The molecule has 0 bridgehead atoms. The van der Waals surface area contributed by atoms with Gasteiger partial charge in [0.05, 0.1) is 18.8 Å². The SMILES string of the molecule is CCOC(=O)c1cc(=O)n(C(C)C)[nH]1.CCOC(=O)c1nn(C(C)C)c(Cl)c1C=O. The summed E-state index contributed by atoms with van der Waals surface area (Å²) in [7, 11) is 0. The number of esters is 2. The van der Waals surface area contributed by atoms with Gasteiger partial charge in [-0.1, -0.05) is 11.6 Å². The van der Waals surface area contributed by atoms with Crippen molar-refractivity contribution in [2.75, 3.05) is 13.2 Å². The van der Waals surface area contributed by atoms with E-state index >= 15 is 0 Å². The van der Waals surface area contributed by atoms with Gasteiger partial charge in [-0.2, -0.15) is 5.10 Å². The minimum absolute atomic E-state index is 0.00526.